The van der Waals surface area contributed by atoms with Gasteiger partial charge in [0.1, 0.15) is 17.3 Å². The lowest BCUT2D eigenvalue weighted by molar-refractivity contribution is 0.514. The molecule has 0 radical (unpaired) electrons. The van der Waals surface area contributed by atoms with Gasteiger partial charge in [0, 0.05) is 23.5 Å². The predicted octanol–water partition coefficient (Wildman–Crippen LogP) is 5.67. The van der Waals surface area contributed by atoms with E-state index < -0.39 is 0 Å². The first-order valence-corrected chi connectivity index (χ1v) is 10.2. The van der Waals surface area contributed by atoms with Gasteiger partial charge in [0.2, 0.25) is 0 Å². The minimum Gasteiger partial charge on any atom is -0.342 e. The number of aryl methyl sites for hydroxylation is 1. The molecule has 2 aromatic carbocycles. The third-order valence-electron chi connectivity index (χ3n) is 5.48. The second kappa shape index (κ2) is 7.97. The Morgan fingerprint density at radius 1 is 0.897 bits per heavy atom. The van der Waals surface area contributed by atoms with Crippen LogP contribution in [0.5, 0.6) is 0 Å². The number of nitrogens with one attached hydrogen (secondary N) is 2. The third kappa shape index (κ3) is 4.09. The Bertz CT molecular complexity index is 1200. The van der Waals surface area contributed by atoms with E-state index in [1.165, 1.54) is 10.8 Å². The molecule has 29 heavy (non-hydrogen) atoms. The Morgan fingerprint density at radius 3 is 2.45 bits per heavy atom. The lowest BCUT2D eigenvalue weighted by Crippen LogP contribution is -2.03. The molecule has 0 saturated carbocycles. The Labute approximate surface area is 171 Å². The van der Waals surface area contributed by atoms with Crippen LogP contribution in [0.15, 0.2) is 48.8 Å². The smallest absolute Gasteiger partial charge is 0.110 e. The normalized spacial score (nSPS) is 12.2. The molecule has 4 nitrogen and oxygen atoms in total. The van der Waals surface area contributed by atoms with Crippen molar-refractivity contribution in [3.8, 4) is 23.1 Å². The maximum atomic E-state index is 4.59. The van der Waals surface area contributed by atoms with Crippen LogP contribution < -0.4 is 0 Å². The molecule has 4 aromatic rings. The number of fused-ring (bicyclic) bond motifs is 1. The zero-order chi connectivity index (χ0) is 20.4. The van der Waals surface area contributed by atoms with E-state index in [1.807, 2.05) is 6.20 Å². The van der Waals surface area contributed by atoms with Gasteiger partial charge in [-0.25, -0.2) is 9.97 Å². The fraction of sp³-hybridized carbons (Fsp3) is 0.280. The first kappa shape index (κ1) is 19.0. The van der Waals surface area contributed by atoms with Crippen LogP contribution in [0.1, 0.15) is 56.5 Å². The highest BCUT2D eigenvalue weighted by Gasteiger charge is 2.14. The molecule has 4 heteroatoms. The van der Waals surface area contributed by atoms with Crippen molar-refractivity contribution in [3.05, 3.63) is 71.7 Å². The SMILES string of the molecule is CCc1ncc(C#Cc2ccc3cc(-c4cnc(C(C)C(C)C)[nH]4)ccc3c2)[nH]1. The molecule has 2 aromatic heterocycles. The average Bonchev–Trinajstić information content (AvgIpc) is 3.40. The van der Waals surface area contributed by atoms with Crippen LogP contribution >= 0.6 is 0 Å². The number of hydrogen-bond acceptors (Lipinski definition) is 2. The van der Waals surface area contributed by atoms with Gasteiger partial charge in [0.25, 0.3) is 0 Å². The average molecular weight is 383 g/mol. The van der Waals surface area contributed by atoms with Crippen molar-refractivity contribution >= 4 is 10.8 Å². The van der Waals surface area contributed by atoms with Gasteiger partial charge in [-0.3, -0.25) is 0 Å². The highest BCUT2D eigenvalue weighted by atomic mass is 14.9. The van der Waals surface area contributed by atoms with Gasteiger partial charge >= 0.3 is 0 Å². The number of rotatable bonds is 4. The standard InChI is InChI=1S/C25H26N4/c1-5-24-26-14-22(28-24)11-7-18-6-8-20-13-21(10-9-19(20)12-18)23-15-27-25(29-23)17(4)16(2)3/h6,8-10,12-17H,5H2,1-4H3,(H,26,28)(H,27,29). The van der Waals surface area contributed by atoms with E-state index in [9.17, 15) is 0 Å². The Balaban J connectivity index is 1.59. The van der Waals surface area contributed by atoms with Gasteiger partial charge in [-0.15, -0.1) is 0 Å². The topological polar surface area (TPSA) is 57.4 Å². The molecule has 1 atom stereocenters. The number of hydrogen-bond donors (Lipinski definition) is 2. The number of aromatic nitrogens is 4. The maximum Gasteiger partial charge on any atom is 0.110 e. The monoisotopic (exact) mass is 382 g/mol. The van der Waals surface area contributed by atoms with Crippen molar-refractivity contribution in [2.24, 2.45) is 5.92 Å². The molecule has 0 aliphatic carbocycles. The molecule has 0 fully saturated rings. The Kier molecular flexibility index (Phi) is 5.22. The lowest BCUT2D eigenvalue weighted by atomic mass is 9.98. The number of imidazole rings is 2. The second-order valence-corrected chi connectivity index (χ2v) is 7.84. The summed E-state index contributed by atoms with van der Waals surface area (Å²) in [5.41, 5.74) is 4.05. The van der Waals surface area contributed by atoms with Gasteiger partial charge in [-0.2, -0.15) is 0 Å². The van der Waals surface area contributed by atoms with Crippen LogP contribution in [0.2, 0.25) is 0 Å². The maximum absolute atomic E-state index is 4.59. The fourth-order valence-electron chi connectivity index (χ4n) is 3.27. The molecule has 0 amide bonds. The molecule has 146 valence electrons. The van der Waals surface area contributed by atoms with Crippen molar-refractivity contribution in [2.45, 2.75) is 40.0 Å². The zero-order valence-corrected chi connectivity index (χ0v) is 17.4. The molecule has 0 bridgehead atoms. The van der Waals surface area contributed by atoms with E-state index >= 15 is 0 Å². The summed E-state index contributed by atoms with van der Waals surface area (Å²) in [6, 6.07) is 12.8. The van der Waals surface area contributed by atoms with Crippen molar-refractivity contribution in [1.29, 1.82) is 0 Å². The summed E-state index contributed by atoms with van der Waals surface area (Å²) < 4.78 is 0. The molecule has 4 rings (SSSR count). The molecular formula is C25H26N4. The highest BCUT2D eigenvalue weighted by Crippen LogP contribution is 2.27. The number of aromatic amines is 2. The largest absolute Gasteiger partial charge is 0.342 e. The summed E-state index contributed by atoms with van der Waals surface area (Å²) in [4.78, 5) is 15.6. The number of H-pyrrole nitrogens is 2. The summed E-state index contributed by atoms with van der Waals surface area (Å²) in [6.07, 6.45) is 4.61. The molecule has 0 aliphatic rings. The predicted molar refractivity (Wildman–Crippen MR) is 119 cm³/mol. The Morgan fingerprint density at radius 2 is 1.69 bits per heavy atom. The van der Waals surface area contributed by atoms with Gasteiger partial charge in [0.15, 0.2) is 0 Å². The van der Waals surface area contributed by atoms with E-state index in [2.05, 4.69) is 95.9 Å². The summed E-state index contributed by atoms with van der Waals surface area (Å²) >= 11 is 0. The zero-order valence-electron chi connectivity index (χ0n) is 17.4. The van der Waals surface area contributed by atoms with Crippen molar-refractivity contribution in [1.82, 2.24) is 19.9 Å². The van der Waals surface area contributed by atoms with E-state index in [-0.39, 0.29) is 0 Å². The first-order valence-electron chi connectivity index (χ1n) is 10.2. The fourth-order valence-corrected chi connectivity index (χ4v) is 3.27. The number of benzene rings is 2. The van der Waals surface area contributed by atoms with Crippen LogP contribution in [0.4, 0.5) is 0 Å². The minimum atomic E-state index is 0.411. The van der Waals surface area contributed by atoms with Crippen LogP contribution in [-0.4, -0.2) is 19.9 Å². The Hall–Kier alpha value is -3.32. The minimum absolute atomic E-state index is 0.411. The molecular weight excluding hydrogens is 356 g/mol. The van der Waals surface area contributed by atoms with Gasteiger partial charge in [0.05, 0.1) is 18.1 Å². The van der Waals surface area contributed by atoms with E-state index in [1.54, 1.807) is 6.20 Å². The van der Waals surface area contributed by atoms with E-state index in [4.69, 9.17) is 0 Å². The van der Waals surface area contributed by atoms with Gasteiger partial charge in [-0.1, -0.05) is 51.8 Å². The molecule has 0 aliphatic heterocycles. The van der Waals surface area contributed by atoms with Crippen molar-refractivity contribution < 1.29 is 0 Å². The van der Waals surface area contributed by atoms with E-state index in [0.717, 1.165) is 40.6 Å². The molecule has 0 saturated heterocycles. The molecule has 2 N–H and O–H groups in total. The van der Waals surface area contributed by atoms with Crippen molar-refractivity contribution in [2.75, 3.05) is 0 Å². The summed E-state index contributed by atoms with van der Waals surface area (Å²) in [6.45, 7) is 8.72. The van der Waals surface area contributed by atoms with Crippen LogP contribution in [-0.2, 0) is 6.42 Å². The highest BCUT2D eigenvalue weighted by molar-refractivity contribution is 5.88. The van der Waals surface area contributed by atoms with Gasteiger partial charge in [-0.05, 0) is 40.8 Å². The molecule has 1 unspecified atom stereocenters. The third-order valence-corrected chi connectivity index (χ3v) is 5.48. The first-order chi connectivity index (χ1) is 14.0. The quantitative estimate of drug-likeness (QED) is 0.447. The van der Waals surface area contributed by atoms with Crippen LogP contribution in [0.25, 0.3) is 22.0 Å². The van der Waals surface area contributed by atoms with Gasteiger partial charge < -0.3 is 9.97 Å². The second-order valence-electron chi connectivity index (χ2n) is 7.84. The molecule has 2 heterocycles. The lowest BCUT2D eigenvalue weighted by Gasteiger charge is -2.12. The molecule has 0 spiro atoms. The van der Waals surface area contributed by atoms with E-state index in [0.29, 0.717) is 11.8 Å². The van der Waals surface area contributed by atoms with Crippen molar-refractivity contribution in [3.63, 3.8) is 0 Å². The summed E-state index contributed by atoms with van der Waals surface area (Å²) in [5.74, 6) is 9.36. The summed E-state index contributed by atoms with van der Waals surface area (Å²) in [7, 11) is 0. The van der Waals surface area contributed by atoms with Crippen LogP contribution in [0, 0.1) is 17.8 Å². The summed E-state index contributed by atoms with van der Waals surface area (Å²) in [5, 5.41) is 2.37. The van der Waals surface area contributed by atoms with Crippen LogP contribution in [0.3, 0.4) is 0 Å². The number of nitrogens with zero attached hydrogens (tertiary/aromatic N) is 2.